The maximum Gasteiger partial charge on any atom is 0.244 e. The Hall–Kier alpha value is -2.33. The molecule has 1 fully saturated rings. The molecule has 1 saturated heterocycles. The summed E-state index contributed by atoms with van der Waals surface area (Å²) < 4.78 is 12.4. The third-order valence-electron chi connectivity index (χ3n) is 4.06. The Labute approximate surface area is 145 Å². The monoisotopic (exact) mass is 349 g/mol. The smallest absolute Gasteiger partial charge is 0.244 e. The van der Waals surface area contributed by atoms with E-state index in [2.05, 4.69) is 20.5 Å². The van der Waals surface area contributed by atoms with Crippen LogP contribution in [-0.2, 0) is 27.4 Å². The molecule has 1 atom stereocenters. The summed E-state index contributed by atoms with van der Waals surface area (Å²) in [4.78, 5) is 15.8. The lowest BCUT2D eigenvalue weighted by Gasteiger charge is -2.31. The largest absolute Gasteiger partial charge is 0.383 e. The average Bonchev–Trinajstić information content (AvgIpc) is 3.19. The van der Waals surface area contributed by atoms with E-state index < -0.39 is 0 Å². The van der Waals surface area contributed by atoms with Crippen molar-refractivity contribution in [2.75, 3.05) is 33.4 Å². The summed E-state index contributed by atoms with van der Waals surface area (Å²) in [5, 5.41) is 16.7. The fraction of sp³-hybridized carbons (Fsp3) is 0.667. The molecule has 10 nitrogen and oxygen atoms in total. The predicted molar refractivity (Wildman–Crippen MR) is 86.7 cm³/mol. The van der Waals surface area contributed by atoms with E-state index in [0.29, 0.717) is 38.7 Å². The highest BCUT2D eigenvalue weighted by atomic mass is 16.5. The van der Waals surface area contributed by atoms with Crippen LogP contribution in [-0.4, -0.2) is 74.2 Å². The van der Waals surface area contributed by atoms with Gasteiger partial charge in [0.05, 0.1) is 32.0 Å². The lowest BCUT2D eigenvalue weighted by atomic mass is 10.2. The summed E-state index contributed by atoms with van der Waals surface area (Å²) in [6.07, 6.45) is -0.366. The van der Waals surface area contributed by atoms with Crippen molar-refractivity contribution < 1.29 is 14.3 Å². The average molecular weight is 349 g/mol. The van der Waals surface area contributed by atoms with Gasteiger partial charge in [-0.2, -0.15) is 9.90 Å². The molecule has 2 aromatic rings. The van der Waals surface area contributed by atoms with Gasteiger partial charge in [0.2, 0.25) is 11.7 Å². The number of ether oxygens (including phenoxy) is 2. The van der Waals surface area contributed by atoms with E-state index in [0.717, 1.165) is 11.4 Å². The van der Waals surface area contributed by atoms with Crippen LogP contribution >= 0.6 is 0 Å². The number of carbonyl (C=O) groups is 1. The van der Waals surface area contributed by atoms with Crippen molar-refractivity contribution in [2.24, 2.45) is 0 Å². The van der Waals surface area contributed by atoms with E-state index in [1.807, 2.05) is 19.9 Å². The maximum atomic E-state index is 12.6. The molecule has 136 valence electrons. The molecule has 10 heteroatoms. The van der Waals surface area contributed by atoms with Gasteiger partial charge in [0.1, 0.15) is 12.6 Å². The summed E-state index contributed by atoms with van der Waals surface area (Å²) in [6.45, 7) is 6.52. The van der Waals surface area contributed by atoms with Crippen LogP contribution in [0, 0.1) is 13.8 Å². The first-order chi connectivity index (χ1) is 12.1. The van der Waals surface area contributed by atoms with Crippen LogP contribution in [0.4, 0.5) is 0 Å². The molecule has 1 aliphatic heterocycles. The molecular formula is C15H23N7O3. The number of amides is 1. The second-order valence-electron chi connectivity index (χ2n) is 6.02. The standard InChI is InChI=1S/C15H23N7O3/c1-11-8-12(2)21(17-11)10-14(23)20-4-7-25-13(9-20)15-16-19-22(18-15)5-6-24-3/h8,13H,4-7,9-10H2,1-3H3. The Morgan fingerprint density at radius 1 is 1.40 bits per heavy atom. The second kappa shape index (κ2) is 7.70. The van der Waals surface area contributed by atoms with Gasteiger partial charge in [0, 0.05) is 19.3 Å². The Morgan fingerprint density at radius 2 is 2.24 bits per heavy atom. The molecule has 0 aliphatic carbocycles. The first kappa shape index (κ1) is 17.5. The molecule has 3 rings (SSSR count). The van der Waals surface area contributed by atoms with Gasteiger partial charge in [0.25, 0.3) is 0 Å². The highest BCUT2D eigenvalue weighted by Gasteiger charge is 2.28. The fourth-order valence-electron chi connectivity index (χ4n) is 2.75. The molecule has 25 heavy (non-hydrogen) atoms. The third-order valence-corrected chi connectivity index (χ3v) is 4.06. The Balaban J connectivity index is 1.61. The molecule has 1 unspecified atom stereocenters. The quantitative estimate of drug-likeness (QED) is 0.708. The van der Waals surface area contributed by atoms with E-state index in [-0.39, 0.29) is 18.6 Å². The molecule has 0 N–H and O–H groups in total. The number of aryl methyl sites for hydroxylation is 2. The van der Waals surface area contributed by atoms with Crippen LogP contribution in [0.15, 0.2) is 6.07 Å². The van der Waals surface area contributed by atoms with Crippen molar-refractivity contribution in [3.05, 3.63) is 23.3 Å². The Kier molecular flexibility index (Phi) is 5.39. The van der Waals surface area contributed by atoms with Crippen LogP contribution in [0.2, 0.25) is 0 Å². The van der Waals surface area contributed by atoms with Crippen molar-refractivity contribution in [3.8, 4) is 0 Å². The molecule has 2 aromatic heterocycles. The van der Waals surface area contributed by atoms with Crippen LogP contribution in [0.3, 0.4) is 0 Å². The topological polar surface area (TPSA) is 100 Å². The molecule has 0 bridgehead atoms. The van der Waals surface area contributed by atoms with E-state index in [9.17, 15) is 4.79 Å². The molecule has 3 heterocycles. The lowest BCUT2D eigenvalue weighted by Crippen LogP contribution is -2.44. The Morgan fingerprint density at radius 3 is 2.96 bits per heavy atom. The summed E-state index contributed by atoms with van der Waals surface area (Å²) in [5.41, 5.74) is 1.88. The zero-order chi connectivity index (χ0) is 17.8. The van der Waals surface area contributed by atoms with Gasteiger partial charge < -0.3 is 14.4 Å². The number of hydrogen-bond donors (Lipinski definition) is 0. The fourth-order valence-corrected chi connectivity index (χ4v) is 2.75. The number of aromatic nitrogens is 6. The van der Waals surface area contributed by atoms with E-state index in [4.69, 9.17) is 9.47 Å². The van der Waals surface area contributed by atoms with E-state index in [1.54, 1.807) is 16.7 Å². The van der Waals surface area contributed by atoms with Crippen LogP contribution in [0.25, 0.3) is 0 Å². The van der Waals surface area contributed by atoms with Gasteiger partial charge in [-0.3, -0.25) is 9.48 Å². The van der Waals surface area contributed by atoms with Gasteiger partial charge in [-0.15, -0.1) is 10.2 Å². The molecule has 0 spiro atoms. The van der Waals surface area contributed by atoms with E-state index in [1.165, 1.54) is 4.80 Å². The first-order valence-corrected chi connectivity index (χ1v) is 8.24. The lowest BCUT2D eigenvalue weighted by molar-refractivity contribution is -0.140. The van der Waals surface area contributed by atoms with Crippen LogP contribution < -0.4 is 0 Å². The normalized spacial score (nSPS) is 17.9. The van der Waals surface area contributed by atoms with Crippen LogP contribution in [0.5, 0.6) is 0 Å². The number of methoxy groups -OCH3 is 1. The van der Waals surface area contributed by atoms with Gasteiger partial charge in [-0.25, -0.2) is 0 Å². The van der Waals surface area contributed by atoms with Gasteiger partial charge >= 0.3 is 0 Å². The number of carbonyl (C=O) groups excluding carboxylic acids is 1. The number of nitrogens with zero attached hydrogens (tertiary/aromatic N) is 7. The number of morpholine rings is 1. The zero-order valence-electron chi connectivity index (χ0n) is 14.8. The van der Waals surface area contributed by atoms with Gasteiger partial charge in [0.15, 0.2) is 0 Å². The molecule has 1 aliphatic rings. The highest BCUT2D eigenvalue weighted by molar-refractivity contribution is 5.76. The summed E-state index contributed by atoms with van der Waals surface area (Å²) in [7, 11) is 1.62. The third kappa shape index (κ3) is 4.20. The Bertz CT molecular complexity index is 727. The van der Waals surface area contributed by atoms with Crippen molar-refractivity contribution in [3.63, 3.8) is 0 Å². The molecule has 0 saturated carbocycles. The summed E-state index contributed by atoms with van der Waals surface area (Å²) >= 11 is 0. The zero-order valence-corrected chi connectivity index (χ0v) is 14.8. The van der Waals surface area contributed by atoms with Gasteiger partial charge in [-0.05, 0) is 25.1 Å². The SMILES string of the molecule is COCCn1nnc(C2CN(C(=O)Cn3nc(C)cc3C)CCO2)n1. The van der Waals surface area contributed by atoms with Crippen molar-refractivity contribution >= 4 is 5.91 Å². The van der Waals surface area contributed by atoms with Crippen LogP contribution in [0.1, 0.15) is 23.3 Å². The van der Waals surface area contributed by atoms with Crippen molar-refractivity contribution in [1.82, 2.24) is 34.9 Å². The minimum absolute atomic E-state index is 0.00581. The molecule has 0 aromatic carbocycles. The second-order valence-corrected chi connectivity index (χ2v) is 6.02. The van der Waals surface area contributed by atoms with Gasteiger partial charge in [-0.1, -0.05) is 0 Å². The number of hydrogen-bond acceptors (Lipinski definition) is 7. The highest BCUT2D eigenvalue weighted by Crippen LogP contribution is 2.19. The summed E-state index contributed by atoms with van der Waals surface area (Å²) in [5.74, 6) is 0.492. The number of rotatable bonds is 6. The predicted octanol–water partition coefficient (Wildman–Crippen LogP) is -0.267. The number of tetrazole rings is 1. The minimum atomic E-state index is -0.366. The summed E-state index contributed by atoms with van der Waals surface area (Å²) in [6, 6.07) is 1.96. The molecular weight excluding hydrogens is 326 g/mol. The first-order valence-electron chi connectivity index (χ1n) is 8.24. The molecule has 1 amide bonds. The van der Waals surface area contributed by atoms with E-state index >= 15 is 0 Å². The van der Waals surface area contributed by atoms with Crippen molar-refractivity contribution in [1.29, 1.82) is 0 Å². The molecule has 0 radical (unpaired) electrons. The minimum Gasteiger partial charge on any atom is -0.383 e. The maximum absolute atomic E-state index is 12.6. The van der Waals surface area contributed by atoms with Crippen molar-refractivity contribution in [2.45, 2.75) is 33.0 Å².